The number of nitrogens with one attached hydrogen (secondary N) is 2. The highest BCUT2D eigenvalue weighted by atomic mass is 16.1. The molecule has 0 aromatic carbocycles. The van der Waals surface area contributed by atoms with Gasteiger partial charge in [0.15, 0.2) is 0 Å². The van der Waals surface area contributed by atoms with Gasteiger partial charge in [0.2, 0.25) is 5.56 Å². The number of H-pyrrole nitrogens is 1. The Labute approximate surface area is 58.1 Å². The van der Waals surface area contributed by atoms with Crippen molar-refractivity contribution in [2.24, 2.45) is 0 Å². The van der Waals surface area contributed by atoms with Crippen LogP contribution in [-0.4, -0.2) is 4.98 Å². The largest absolute Gasteiger partial charge is 0.325 e. The van der Waals surface area contributed by atoms with Crippen LogP contribution >= 0.6 is 0 Å². The molecular weight excluding hydrogens is 128 g/mol. The van der Waals surface area contributed by atoms with E-state index in [1.54, 1.807) is 6.07 Å². The number of hydrogen-bond acceptors (Lipinski definition) is 2. The lowest BCUT2D eigenvalue weighted by Crippen LogP contribution is -2.06. The van der Waals surface area contributed by atoms with Crippen molar-refractivity contribution >= 4 is 0 Å². The molecule has 0 fully saturated rings. The first-order valence-corrected chi connectivity index (χ1v) is 3.28. The van der Waals surface area contributed by atoms with Gasteiger partial charge < -0.3 is 10.3 Å². The quantitative estimate of drug-likeness (QED) is 0.526. The van der Waals surface area contributed by atoms with Crippen molar-refractivity contribution in [3.05, 3.63) is 33.7 Å². The van der Waals surface area contributed by atoms with Crippen LogP contribution in [0, 0.1) is 0 Å². The van der Waals surface area contributed by atoms with Crippen LogP contribution in [0.2, 0.25) is 0 Å². The summed E-state index contributed by atoms with van der Waals surface area (Å²) in [6.45, 7) is 1.68. The first-order chi connectivity index (χ1) is 4.86. The molecule has 10 heavy (non-hydrogen) atoms. The molecule has 1 aromatic heterocycles. The number of rotatable bonds is 0. The van der Waals surface area contributed by atoms with Crippen molar-refractivity contribution in [2.75, 3.05) is 0 Å². The molecule has 0 aliphatic carbocycles. The maximum absolute atomic E-state index is 10.7. The lowest BCUT2D eigenvalue weighted by atomic mass is 10.2. The normalized spacial score (nSPS) is 15.2. The van der Waals surface area contributed by atoms with Gasteiger partial charge >= 0.3 is 0 Å². The average Bonchev–Trinajstić information content (AvgIpc) is 2.33. The zero-order valence-electron chi connectivity index (χ0n) is 5.48. The van der Waals surface area contributed by atoms with Crippen molar-refractivity contribution < 1.29 is 0 Å². The maximum Gasteiger partial charge on any atom is 0.248 e. The second-order valence-electron chi connectivity index (χ2n) is 2.43. The van der Waals surface area contributed by atoms with E-state index in [0.29, 0.717) is 0 Å². The summed E-state index contributed by atoms with van der Waals surface area (Å²) in [6.07, 6.45) is 0. The van der Waals surface area contributed by atoms with Gasteiger partial charge in [-0.2, -0.15) is 0 Å². The van der Waals surface area contributed by atoms with Crippen LogP contribution in [0.1, 0.15) is 11.3 Å². The lowest BCUT2D eigenvalue weighted by molar-refractivity contribution is 0.757. The summed E-state index contributed by atoms with van der Waals surface area (Å²) in [7, 11) is 0. The van der Waals surface area contributed by atoms with E-state index in [1.807, 2.05) is 6.07 Å². The second kappa shape index (κ2) is 1.95. The molecule has 3 heteroatoms. The Hall–Kier alpha value is -1.09. The molecule has 1 aliphatic rings. The molecule has 1 aliphatic heterocycles. The topological polar surface area (TPSA) is 44.9 Å². The Morgan fingerprint density at radius 1 is 1.30 bits per heavy atom. The third-order valence-electron chi connectivity index (χ3n) is 1.71. The third kappa shape index (κ3) is 0.752. The number of fused-ring (bicyclic) bond motifs is 1. The average molecular weight is 136 g/mol. The SMILES string of the molecule is O=c1ccc2c([nH]1)CNC2. The van der Waals surface area contributed by atoms with Crippen LogP contribution in [0.3, 0.4) is 0 Å². The number of pyridine rings is 1. The third-order valence-corrected chi connectivity index (χ3v) is 1.71. The second-order valence-corrected chi connectivity index (χ2v) is 2.43. The van der Waals surface area contributed by atoms with Crippen molar-refractivity contribution in [3.63, 3.8) is 0 Å². The summed E-state index contributed by atoms with van der Waals surface area (Å²) in [5.41, 5.74) is 2.23. The van der Waals surface area contributed by atoms with Crippen molar-refractivity contribution in [1.82, 2.24) is 10.3 Å². The summed E-state index contributed by atoms with van der Waals surface area (Å²) in [4.78, 5) is 13.5. The van der Waals surface area contributed by atoms with Crippen LogP contribution in [0.25, 0.3) is 0 Å². The molecule has 3 nitrogen and oxygen atoms in total. The van der Waals surface area contributed by atoms with Crippen LogP contribution in [-0.2, 0) is 13.1 Å². The first kappa shape index (κ1) is 5.68. The van der Waals surface area contributed by atoms with Gasteiger partial charge in [-0.05, 0) is 5.56 Å². The molecule has 0 atom stereocenters. The van der Waals surface area contributed by atoms with E-state index in [2.05, 4.69) is 10.3 Å². The Morgan fingerprint density at radius 3 is 3.10 bits per heavy atom. The molecule has 0 bridgehead atoms. The minimum atomic E-state index is -0.0116. The molecule has 0 saturated heterocycles. The Bertz CT molecular complexity index is 303. The molecule has 0 unspecified atom stereocenters. The molecule has 2 N–H and O–H groups in total. The maximum atomic E-state index is 10.7. The van der Waals surface area contributed by atoms with Gasteiger partial charge in [-0.25, -0.2) is 0 Å². The van der Waals surface area contributed by atoms with Crippen molar-refractivity contribution in [1.29, 1.82) is 0 Å². The van der Waals surface area contributed by atoms with Gasteiger partial charge in [0.05, 0.1) is 0 Å². The van der Waals surface area contributed by atoms with Crippen molar-refractivity contribution in [3.8, 4) is 0 Å². The Morgan fingerprint density at radius 2 is 2.20 bits per heavy atom. The molecule has 2 rings (SSSR count). The van der Waals surface area contributed by atoms with Crippen LogP contribution in [0.4, 0.5) is 0 Å². The van der Waals surface area contributed by atoms with E-state index in [-0.39, 0.29) is 5.56 Å². The Kier molecular flexibility index (Phi) is 1.11. The van der Waals surface area contributed by atoms with E-state index in [9.17, 15) is 4.79 Å². The minimum absolute atomic E-state index is 0.0116. The van der Waals surface area contributed by atoms with E-state index in [1.165, 1.54) is 5.56 Å². The highest BCUT2D eigenvalue weighted by Crippen LogP contribution is 2.08. The zero-order valence-corrected chi connectivity index (χ0v) is 5.48. The Balaban J connectivity index is 2.63. The smallest absolute Gasteiger partial charge is 0.248 e. The van der Waals surface area contributed by atoms with E-state index >= 15 is 0 Å². The summed E-state index contributed by atoms with van der Waals surface area (Å²) in [6, 6.07) is 3.43. The monoisotopic (exact) mass is 136 g/mol. The molecule has 1 aromatic rings. The fourth-order valence-corrected chi connectivity index (χ4v) is 1.19. The molecule has 0 amide bonds. The van der Waals surface area contributed by atoms with Gasteiger partial charge in [-0.15, -0.1) is 0 Å². The van der Waals surface area contributed by atoms with E-state index in [4.69, 9.17) is 0 Å². The van der Waals surface area contributed by atoms with Crippen LogP contribution in [0.5, 0.6) is 0 Å². The molecule has 0 saturated carbocycles. The number of hydrogen-bond donors (Lipinski definition) is 2. The van der Waals surface area contributed by atoms with Gasteiger partial charge in [0.25, 0.3) is 0 Å². The fourth-order valence-electron chi connectivity index (χ4n) is 1.19. The van der Waals surface area contributed by atoms with Crippen molar-refractivity contribution in [2.45, 2.75) is 13.1 Å². The van der Waals surface area contributed by atoms with Gasteiger partial charge in [0, 0.05) is 24.8 Å². The van der Waals surface area contributed by atoms with Gasteiger partial charge in [0.1, 0.15) is 0 Å². The fraction of sp³-hybridized carbons (Fsp3) is 0.286. The standard InChI is InChI=1S/C7H8N2O/c10-7-2-1-5-3-8-4-6(5)9-7/h1-2,8H,3-4H2,(H,9,10). The van der Waals surface area contributed by atoms with Gasteiger partial charge in [-0.3, -0.25) is 4.79 Å². The summed E-state index contributed by atoms with van der Waals surface area (Å²) >= 11 is 0. The van der Waals surface area contributed by atoms with E-state index in [0.717, 1.165) is 18.8 Å². The molecule has 0 spiro atoms. The summed E-state index contributed by atoms with van der Waals surface area (Å²) < 4.78 is 0. The highest BCUT2D eigenvalue weighted by molar-refractivity contribution is 5.22. The number of aromatic amines is 1. The number of aromatic nitrogens is 1. The molecule has 0 radical (unpaired) electrons. The molecule has 52 valence electrons. The molecule has 2 heterocycles. The summed E-state index contributed by atoms with van der Waals surface area (Å²) in [5.74, 6) is 0. The first-order valence-electron chi connectivity index (χ1n) is 3.28. The minimum Gasteiger partial charge on any atom is -0.325 e. The molecular formula is C7H8N2O. The zero-order chi connectivity index (χ0) is 6.97. The predicted octanol–water partition coefficient (Wildman–Crippen LogP) is -0.0219. The lowest BCUT2D eigenvalue weighted by Gasteiger charge is -1.92. The predicted molar refractivity (Wildman–Crippen MR) is 37.6 cm³/mol. The van der Waals surface area contributed by atoms with Gasteiger partial charge in [-0.1, -0.05) is 6.07 Å². The van der Waals surface area contributed by atoms with E-state index < -0.39 is 0 Å². The highest BCUT2D eigenvalue weighted by Gasteiger charge is 2.08. The summed E-state index contributed by atoms with van der Waals surface area (Å²) in [5, 5.41) is 3.14. The van der Waals surface area contributed by atoms with Crippen LogP contribution in [0.15, 0.2) is 16.9 Å². The van der Waals surface area contributed by atoms with Crippen LogP contribution < -0.4 is 10.9 Å².